The molecule has 0 unspecified atom stereocenters. The Balaban J connectivity index is 0.00000363. The SMILES string of the molecule is Cl.O=C(NCc1ccc([N+](=O)[O-])cc1)[C@H](CSCC1CCCCC1)NC(=O)[C@@H]1NCCS1. The van der Waals surface area contributed by atoms with E-state index in [1.807, 2.05) is 0 Å². The van der Waals surface area contributed by atoms with Gasteiger partial charge >= 0.3 is 0 Å². The molecule has 2 aliphatic rings. The highest BCUT2D eigenvalue weighted by molar-refractivity contribution is 8.00. The van der Waals surface area contributed by atoms with Crippen LogP contribution in [0.15, 0.2) is 24.3 Å². The van der Waals surface area contributed by atoms with Crippen LogP contribution in [-0.4, -0.2) is 52.0 Å². The minimum atomic E-state index is -0.609. The Morgan fingerprint density at radius 2 is 1.94 bits per heavy atom. The van der Waals surface area contributed by atoms with E-state index in [4.69, 9.17) is 0 Å². The van der Waals surface area contributed by atoms with E-state index >= 15 is 0 Å². The van der Waals surface area contributed by atoms with Crippen LogP contribution in [-0.2, 0) is 16.1 Å². The Bertz CT molecular complexity index is 757. The molecular weight excluding hydrogens is 472 g/mol. The van der Waals surface area contributed by atoms with Crippen molar-refractivity contribution in [2.45, 2.75) is 50.1 Å². The zero-order valence-corrected chi connectivity index (χ0v) is 20.4. The van der Waals surface area contributed by atoms with E-state index in [0.717, 1.165) is 23.6 Å². The molecule has 2 fully saturated rings. The van der Waals surface area contributed by atoms with E-state index in [-0.39, 0.29) is 41.8 Å². The number of nitro benzene ring substituents is 1. The zero-order chi connectivity index (χ0) is 22.1. The normalized spacial score (nSPS) is 19.6. The number of hydrogen-bond donors (Lipinski definition) is 3. The maximum absolute atomic E-state index is 12.8. The summed E-state index contributed by atoms with van der Waals surface area (Å²) in [4.78, 5) is 35.7. The average molecular weight is 503 g/mol. The fourth-order valence-corrected chi connectivity index (χ4v) is 5.98. The van der Waals surface area contributed by atoms with E-state index < -0.39 is 11.0 Å². The predicted molar refractivity (Wildman–Crippen MR) is 132 cm³/mol. The lowest BCUT2D eigenvalue weighted by Crippen LogP contribution is -2.52. The van der Waals surface area contributed by atoms with Gasteiger partial charge in [0.2, 0.25) is 11.8 Å². The number of halogens is 1. The number of nitrogens with zero attached hydrogens (tertiary/aromatic N) is 1. The summed E-state index contributed by atoms with van der Waals surface area (Å²) in [5.41, 5.74) is 0.785. The van der Waals surface area contributed by atoms with Gasteiger partial charge in [-0.1, -0.05) is 31.4 Å². The summed E-state index contributed by atoms with van der Waals surface area (Å²) in [5.74, 6) is 2.74. The maximum Gasteiger partial charge on any atom is 0.269 e. The molecule has 1 aliphatic carbocycles. The van der Waals surface area contributed by atoms with Crippen LogP contribution >= 0.6 is 35.9 Å². The third-order valence-electron chi connectivity index (χ3n) is 5.56. The van der Waals surface area contributed by atoms with Gasteiger partial charge in [0.1, 0.15) is 11.4 Å². The molecule has 11 heteroatoms. The fourth-order valence-electron chi connectivity index (χ4n) is 3.78. The largest absolute Gasteiger partial charge is 0.350 e. The molecule has 2 amide bonds. The van der Waals surface area contributed by atoms with Gasteiger partial charge in [0, 0.05) is 36.7 Å². The second-order valence-electron chi connectivity index (χ2n) is 7.95. The van der Waals surface area contributed by atoms with Crippen molar-refractivity contribution in [3.63, 3.8) is 0 Å². The first kappa shape index (κ1) is 26.8. The molecule has 1 aromatic carbocycles. The lowest BCUT2D eigenvalue weighted by molar-refractivity contribution is -0.384. The smallest absolute Gasteiger partial charge is 0.269 e. The summed E-state index contributed by atoms with van der Waals surface area (Å²) in [7, 11) is 0. The molecule has 1 saturated carbocycles. The van der Waals surface area contributed by atoms with Gasteiger partial charge in [-0.3, -0.25) is 25.0 Å². The number of carbonyl (C=O) groups excluding carboxylic acids is 2. The quantitative estimate of drug-likeness (QED) is 0.333. The van der Waals surface area contributed by atoms with Gasteiger partial charge in [0.25, 0.3) is 5.69 Å². The minimum Gasteiger partial charge on any atom is -0.350 e. The Kier molecular flexibility index (Phi) is 11.6. The van der Waals surface area contributed by atoms with Crippen LogP contribution in [0.1, 0.15) is 37.7 Å². The van der Waals surface area contributed by atoms with E-state index in [0.29, 0.717) is 11.7 Å². The van der Waals surface area contributed by atoms with Gasteiger partial charge in [-0.05, 0) is 30.1 Å². The Morgan fingerprint density at radius 1 is 1.22 bits per heavy atom. The molecule has 1 heterocycles. The van der Waals surface area contributed by atoms with Crippen molar-refractivity contribution in [3.8, 4) is 0 Å². The van der Waals surface area contributed by atoms with E-state index in [9.17, 15) is 19.7 Å². The summed E-state index contributed by atoms with van der Waals surface area (Å²) in [6, 6.07) is 5.49. The monoisotopic (exact) mass is 502 g/mol. The number of non-ortho nitro benzene ring substituents is 1. The lowest BCUT2D eigenvalue weighted by Gasteiger charge is -2.23. The van der Waals surface area contributed by atoms with Crippen molar-refractivity contribution in [1.82, 2.24) is 16.0 Å². The zero-order valence-electron chi connectivity index (χ0n) is 17.9. The summed E-state index contributed by atoms with van der Waals surface area (Å²) in [6.45, 7) is 1.04. The predicted octanol–water partition coefficient (Wildman–Crippen LogP) is 3.09. The maximum atomic E-state index is 12.8. The second-order valence-corrected chi connectivity index (χ2v) is 10.2. The minimum absolute atomic E-state index is 0. The molecule has 0 spiro atoms. The molecule has 178 valence electrons. The van der Waals surface area contributed by atoms with Crippen LogP contribution < -0.4 is 16.0 Å². The summed E-state index contributed by atoms with van der Waals surface area (Å²) >= 11 is 3.28. The third kappa shape index (κ3) is 8.46. The van der Waals surface area contributed by atoms with Gasteiger partial charge in [-0.2, -0.15) is 11.8 Å². The highest BCUT2D eigenvalue weighted by atomic mass is 35.5. The van der Waals surface area contributed by atoms with Crippen molar-refractivity contribution in [3.05, 3.63) is 39.9 Å². The number of hydrogen-bond acceptors (Lipinski definition) is 7. The van der Waals surface area contributed by atoms with Crippen LogP contribution in [0.3, 0.4) is 0 Å². The molecule has 1 aliphatic heterocycles. The summed E-state index contributed by atoms with van der Waals surface area (Å²) < 4.78 is 0. The average Bonchev–Trinajstić information content (AvgIpc) is 3.33. The molecule has 3 rings (SSSR count). The van der Waals surface area contributed by atoms with Crippen LogP contribution in [0.2, 0.25) is 0 Å². The Morgan fingerprint density at radius 3 is 2.56 bits per heavy atom. The van der Waals surface area contributed by atoms with Gasteiger partial charge < -0.3 is 10.6 Å². The van der Waals surface area contributed by atoms with E-state index in [2.05, 4.69) is 16.0 Å². The molecular formula is C21H31ClN4O4S2. The van der Waals surface area contributed by atoms with Crippen molar-refractivity contribution < 1.29 is 14.5 Å². The second kappa shape index (κ2) is 13.9. The number of benzene rings is 1. The summed E-state index contributed by atoms with van der Waals surface area (Å²) in [6.07, 6.45) is 6.38. The van der Waals surface area contributed by atoms with Gasteiger partial charge in [-0.25, -0.2) is 0 Å². The number of nitro groups is 1. The molecule has 2 atom stereocenters. The third-order valence-corrected chi connectivity index (χ3v) is 7.99. The van der Waals surface area contributed by atoms with Crippen LogP contribution in [0.5, 0.6) is 0 Å². The molecule has 0 bridgehead atoms. The van der Waals surface area contributed by atoms with Gasteiger partial charge in [-0.15, -0.1) is 24.2 Å². The van der Waals surface area contributed by atoms with Gasteiger partial charge in [0.15, 0.2) is 0 Å². The standard InChI is InChI=1S/C21H30N4O4S2.ClH/c26-19(23-12-15-6-8-17(9-7-15)25(28)29)18(24-20(27)21-22-10-11-31-21)14-30-13-16-4-2-1-3-5-16;/h6-9,16,18,21-22H,1-5,10-14H2,(H,23,26)(H,24,27);1H/t18-,21+;/m0./s1. The van der Waals surface area contributed by atoms with Crippen molar-refractivity contribution >= 4 is 53.4 Å². The van der Waals surface area contributed by atoms with Crippen molar-refractivity contribution in [2.24, 2.45) is 5.92 Å². The Labute approximate surface area is 203 Å². The Hall–Kier alpha value is -1.49. The lowest BCUT2D eigenvalue weighted by atomic mass is 9.91. The number of nitrogens with one attached hydrogen (secondary N) is 3. The first-order valence-corrected chi connectivity index (χ1v) is 13.0. The highest BCUT2D eigenvalue weighted by Crippen LogP contribution is 2.27. The molecule has 0 aromatic heterocycles. The summed E-state index contributed by atoms with van der Waals surface area (Å²) in [5, 5.41) is 19.4. The van der Waals surface area contributed by atoms with Crippen molar-refractivity contribution in [1.29, 1.82) is 0 Å². The molecule has 1 saturated heterocycles. The van der Waals surface area contributed by atoms with Crippen LogP contribution in [0.25, 0.3) is 0 Å². The fraction of sp³-hybridized carbons (Fsp3) is 0.619. The van der Waals surface area contributed by atoms with E-state index in [1.54, 1.807) is 35.7 Å². The molecule has 8 nitrogen and oxygen atoms in total. The molecule has 32 heavy (non-hydrogen) atoms. The van der Waals surface area contributed by atoms with Crippen LogP contribution in [0, 0.1) is 16.0 Å². The number of thioether (sulfide) groups is 2. The molecule has 0 radical (unpaired) electrons. The number of carbonyl (C=O) groups is 2. The molecule has 3 N–H and O–H groups in total. The topological polar surface area (TPSA) is 113 Å². The first-order chi connectivity index (χ1) is 15.0. The number of amides is 2. The van der Waals surface area contributed by atoms with Crippen LogP contribution in [0.4, 0.5) is 5.69 Å². The number of rotatable bonds is 10. The first-order valence-electron chi connectivity index (χ1n) is 10.8. The van der Waals surface area contributed by atoms with E-state index in [1.165, 1.54) is 44.2 Å². The van der Waals surface area contributed by atoms with Gasteiger partial charge in [0.05, 0.1) is 4.92 Å². The molecule has 1 aromatic rings. The van der Waals surface area contributed by atoms with Crippen molar-refractivity contribution in [2.75, 3.05) is 23.8 Å². The highest BCUT2D eigenvalue weighted by Gasteiger charge is 2.28.